The van der Waals surface area contributed by atoms with E-state index in [1.807, 2.05) is 6.07 Å². The number of benzene rings is 1. The molecule has 1 aromatic rings. The van der Waals surface area contributed by atoms with E-state index in [0.29, 0.717) is 5.92 Å². The maximum atomic E-state index is 13.3. The molecular weight excluding hydrogens is 243 g/mol. The van der Waals surface area contributed by atoms with Crippen molar-refractivity contribution < 1.29 is 9.18 Å². The average molecular weight is 264 g/mol. The molecule has 1 amide bonds. The summed E-state index contributed by atoms with van der Waals surface area (Å²) in [5, 5.41) is 2.99. The van der Waals surface area contributed by atoms with Crippen LogP contribution in [0.1, 0.15) is 26.7 Å². The first-order valence-corrected chi connectivity index (χ1v) is 6.86. The van der Waals surface area contributed by atoms with Gasteiger partial charge in [-0.2, -0.15) is 0 Å². The van der Waals surface area contributed by atoms with Crippen molar-refractivity contribution in [1.82, 2.24) is 5.32 Å². The summed E-state index contributed by atoms with van der Waals surface area (Å²) < 4.78 is 13.3. The van der Waals surface area contributed by atoms with Crippen LogP contribution < -0.4 is 10.2 Å². The minimum Gasteiger partial charge on any atom is -0.369 e. The van der Waals surface area contributed by atoms with Gasteiger partial charge in [-0.3, -0.25) is 4.79 Å². The summed E-state index contributed by atoms with van der Waals surface area (Å²) in [6.07, 6.45) is 2.07. The maximum absolute atomic E-state index is 13.3. The van der Waals surface area contributed by atoms with E-state index in [1.54, 1.807) is 19.1 Å². The Morgan fingerprint density at radius 1 is 1.47 bits per heavy atom. The number of rotatable bonds is 3. The Morgan fingerprint density at radius 2 is 2.26 bits per heavy atom. The normalized spacial score (nSPS) is 23.2. The molecule has 0 aliphatic carbocycles. The largest absolute Gasteiger partial charge is 0.369 e. The predicted octanol–water partition coefficient (Wildman–Crippen LogP) is 2.57. The van der Waals surface area contributed by atoms with Gasteiger partial charge in [0.15, 0.2) is 0 Å². The van der Waals surface area contributed by atoms with Crippen molar-refractivity contribution in [2.45, 2.75) is 32.7 Å². The van der Waals surface area contributed by atoms with E-state index in [4.69, 9.17) is 0 Å². The maximum Gasteiger partial charge on any atom is 0.217 e. The fourth-order valence-electron chi connectivity index (χ4n) is 2.78. The van der Waals surface area contributed by atoms with Gasteiger partial charge >= 0.3 is 0 Å². The summed E-state index contributed by atoms with van der Waals surface area (Å²) in [5.74, 6) is 0.321. The molecule has 104 valence electrons. The Morgan fingerprint density at radius 3 is 2.89 bits per heavy atom. The third kappa shape index (κ3) is 3.69. The van der Waals surface area contributed by atoms with Gasteiger partial charge in [0.2, 0.25) is 5.91 Å². The van der Waals surface area contributed by atoms with Crippen molar-refractivity contribution in [2.75, 3.05) is 18.0 Å². The summed E-state index contributed by atoms with van der Waals surface area (Å²) in [6, 6.07) is 6.82. The highest BCUT2D eigenvalue weighted by atomic mass is 19.1. The Hall–Kier alpha value is -1.58. The lowest BCUT2D eigenvalue weighted by atomic mass is 9.91. The lowest BCUT2D eigenvalue weighted by Gasteiger charge is -2.39. The number of amides is 1. The smallest absolute Gasteiger partial charge is 0.217 e. The molecule has 1 N–H and O–H groups in total. The van der Waals surface area contributed by atoms with Gasteiger partial charge in [0.25, 0.3) is 0 Å². The van der Waals surface area contributed by atoms with Crippen molar-refractivity contribution >= 4 is 11.6 Å². The quantitative estimate of drug-likeness (QED) is 0.910. The van der Waals surface area contributed by atoms with E-state index in [1.165, 1.54) is 6.07 Å². The van der Waals surface area contributed by atoms with Crippen LogP contribution in [0.15, 0.2) is 24.3 Å². The standard InChI is InChI=1S/C15H21FN2O/c1-3-12-7-14(17-11(2)19)10-18(9-12)15-6-4-5-13(16)8-15/h4-6,8,12,14H,3,7,9-10H2,1-2H3,(H,17,19). The molecule has 0 spiro atoms. The van der Waals surface area contributed by atoms with Gasteiger partial charge < -0.3 is 10.2 Å². The number of hydrogen-bond donors (Lipinski definition) is 1. The molecule has 0 bridgehead atoms. The summed E-state index contributed by atoms with van der Waals surface area (Å²) in [6.45, 7) is 5.38. The van der Waals surface area contributed by atoms with Crippen LogP contribution in [0.2, 0.25) is 0 Å². The highest BCUT2D eigenvalue weighted by Crippen LogP contribution is 2.25. The first-order chi connectivity index (χ1) is 9.08. The van der Waals surface area contributed by atoms with E-state index in [9.17, 15) is 9.18 Å². The number of halogens is 1. The number of nitrogens with zero attached hydrogens (tertiary/aromatic N) is 1. The molecule has 0 saturated carbocycles. The Kier molecular flexibility index (Phi) is 4.40. The lowest BCUT2D eigenvalue weighted by Crippen LogP contribution is -2.50. The number of carbonyl (C=O) groups is 1. The zero-order valence-electron chi connectivity index (χ0n) is 11.5. The molecule has 1 fully saturated rings. The molecule has 3 nitrogen and oxygen atoms in total. The third-order valence-electron chi connectivity index (χ3n) is 3.70. The van der Waals surface area contributed by atoms with E-state index in [-0.39, 0.29) is 17.8 Å². The van der Waals surface area contributed by atoms with E-state index in [2.05, 4.69) is 17.1 Å². The molecule has 1 aromatic carbocycles. The molecule has 2 atom stereocenters. The molecule has 1 aliphatic rings. The van der Waals surface area contributed by atoms with Crippen LogP contribution >= 0.6 is 0 Å². The summed E-state index contributed by atoms with van der Waals surface area (Å²) in [4.78, 5) is 13.4. The molecule has 0 radical (unpaired) electrons. The first kappa shape index (κ1) is 13.8. The van der Waals surface area contributed by atoms with Gasteiger partial charge in [-0.1, -0.05) is 19.4 Å². The molecule has 1 heterocycles. The molecule has 2 unspecified atom stereocenters. The topological polar surface area (TPSA) is 32.3 Å². The molecular formula is C15H21FN2O. The second kappa shape index (κ2) is 6.04. The second-order valence-corrected chi connectivity index (χ2v) is 5.29. The lowest BCUT2D eigenvalue weighted by molar-refractivity contribution is -0.119. The van der Waals surface area contributed by atoms with Crippen molar-refractivity contribution in [1.29, 1.82) is 0 Å². The van der Waals surface area contributed by atoms with Gasteiger partial charge in [0.05, 0.1) is 0 Å². The molecule has 1 saturated heterocycles. The van der Waals surface area contributed by atoms with Crippen LogP contribution in [-0.2, 0) is 4.79 Å². The Bertz CT molecular complexity index is 450. The third-order valence-corrected chi connectivity index (χ3v) is 3.70. The number of carbonyl (C=O) groups excluding carboxylic acids is 1. The van der Waals surface area contributed by atoms with Gasteiger partial charge in [0.1, 0.15) is 5.82 Å². The van der Waals surface area contributed by atoms with Gasteiger partial charge in [-0.05, 0) is 30.5 Å². The van der Waals surface area contributed by atoms with Crippen LogP contribution in [-0.4, -0.2) is 25.0 Å². The van der Waals surface area contributed by atoms with E-state index in [0.717, 1.165) is 31.6 Å². The summed E-state index contributed by atoms with van der Waals surface area (Å²) >= 11 is 0. The van der Waals surface area contributed by atoms with Crippen molar-refractivity contribution in [3.63, 3.8) is 0 Å². The Labute approximate surface area is 113 Å². The zero-order valence-corrected chi connectivity index (χ0v) is 11.5. The van der Waals surface area contributed by atoms with E-state index < -0.39 is 0 Å². The fraction of sp³-hybridized carbons (Fsp3) is 0.533. The second-order valence-electron chi connectivity index (χ2n) is 5.29. The average Bonchev–Trinajstić information content (AvgIpc) is 2.37. The minimum absolute atomic E-state index is 0.000875. The summed E-state index contributed by atoms with van der Waals surface area (Å²) in [7, 11) is 0. The molecule has 4 heteroatoms. The predicted molar refractivity (Wildman–Crippen MR) is 74.6 cm³/mol. The fourth-order valence-corrected chi connectivity index (χ4v) is 2.78. The molecule has 2 rings (SSSR count). The number of anilines is 1. The molecule has 19 heavy (non-hydrogen) atoms. The zero-order chi connectivity index (χ0) is 13.8. The van der Waals surface area contributed by atoms with Crippen LogP contribution in [0, 0.1) is 11.7 Å². The van der Waals surface area contributed by atoms with E-state index >= 15 is 0 Å². The van der Waals surface area contributed by atoms with Crippen LogP contribution in [0.4, 0.5) is 10.1 Å². The molecule has 0 aromatic heterocycles. The van der Waals surface area contributed by atoms with Crippen molar-refractivity contribution in [3.8, 4) is 0 Å². The van der Waals surface area contributed by atoms with Crippen molar-refractivity contribution in [3.05, 3.63) is 30.1 Å². The number of piperidine rings is 1. The summed E-state index contributed by atoms with van der Waals surface area (Å²) in [5.41, 5.74) is 0.897. The van der Waals surface area contributed by atoms with Gasteiger partial charge in [-0.15, -0.1) is 0 Å². The van der Waals surface area contributed by atoms with Crippen molar-refractivity contribution in [2.24, 2.45) is 5.92 Å². The number of nitrogens with one attached hydrogen (secondary N) is 1. The highest BCUT2D eigenvalue weighted by molar-refractivity contribution is 5.73. The first-order valence-electron chi connectivity index (χ1n) is 6.86. The van der Waals surface area contributed by atoms with Crippen LogP contribution in [0.5, 0.6) is 0 Å². The van der Waals surface area contributed by atoms with Crippen LogP contribution in [0.25, 0.3) is 0 Å². The molecule has 1 aliphatic heterocycles. The van der Waals surface area contributed by atoms with Crippen LogP contribution in [0.3, 0.4) is 0 Å². The SMILES string of the molecule is CCC1CC(NC(C)=O)CN(c2cccc(F)c2)C1. The monoisotopic (exact) mass is 264 g/mol. The minimum atomic E-state index is -0.216. The highest BCUT2D eigenvalue weighted by Gasteiger charge is 2.27. The van der Waals surface area contributed by atoms with Gasteiger partial charge in [-0.25, -0.2) is 4.39 Å². The number of hydrogen-bond acceptors (Lipinski definition) is 2. The Balaban J connectivity index is 2.13. The van der Waals surface area contributed by atoms with Gasteiger partial charge in [0, 0.05) is 31.7 Å².